The van der Waals surface area contributed by atoms with Crippen LogP contribution in [0.2, 0.25) is 0 Å². The molecule has 218 valence electrons. The summed E-state index contributed by atoms with van der Waals surface area (Å²) in [5, 5.41) is 18.9. The molecular weight excluding hydrogens is 522 g/mol. The maximum absolute atomic E-state index is 13.2. The van der Waals surface area contributed by atoms with Crippen LogP contribution in [0.25, 0.3) is 0 Å². The highest BCUT2D eigenvalue weighted by Gasteiger charge is 2.25. The van der Waals surface area contributed by atoms with Crippen LogP contribution in [0.5, 0.6) is 0 Å². The summed E-state index contributed by atoms with van der Waals surface area (Å²) in [5.74, 6) is -0.668. The predicted molar refractivity (Wildman–Crippen MR) is 158 cm³/mol. The summed E-state index contributed by atoms with van der Waals surface area (Å²) in [4.78, 5) is 54.9. The van der Waals surface area contributed by atoms with Crippen molar-refractivity contribution in [2.24, 2.45) is 10.9 Å². The first-order valence-electron chi connectivity index (χ1n) is 14.3. The Hall–Kier alpha value is -4.21. The minimum atomic E-state index is -1.10. The molecule has 0 saturated carbocycles. The highest BCUT2D eigenvalue weighted by molar-refractivity contribution is 6.01. The van der Waals surface area contributed by atoms with Crippen molar-refractivity contribution in [3.05, 3.63) is 64.2 Å². The number of guanidine groups is 1. The Balaban J connectivity index is 1.33. The van der Waals surface area contributed by atoms with Gasteiger partial charge < -0.3 is 26.0 Å². The van der Waals surface area contributed by atoms with Crippen molar-refractivity contribution in [1.82, 2.24) is 16.0 Å². The third kappa shape index (κ3) is 7.71. The van der Waals surface area contributed by atoms with E-state index in [1.54, 1.807) is 19.1 Å². The van der Waals surface area contributed by atoms with Crippen LogP contribution in [0.1, 0.15) is 70.5 Å². The standard InChI is InChI=1S/C31H39N5O5/c1-4-23-17-24(20(3)37)15-19(2)28(23)29(39)34-26(30(40)41)16-21-5-7-25(8-6-21)36-13-10-22(11-14-36)18-33-31-32-12-9-27(38)35-31/h5-8,15,17,22,26H,4,9-14,16,18H2,1-3H3,(H,34,39)(H,40,41)(H2,32,33,35,38). The van der Waals surface area contributed by atoms with Gasteiger partial charge in [0.05, 0.1) is 0 Å². The topological polar surface area (TPSA) is 140 Å². The minimum absolute atomic E-state index is 0.0793. The van der Waals surface area contributed by atoms with E-state index < -0.39 is 17.9 Å². The molecule has 0 bridgehead atoms. The molecule has 10 heteroatoms. The normalized spacial score (nSPS) is 16.4. The zero-order valence-corrected chi connectivity index (χ0v) is 24.0. The lowest BCUT2D eigenvalue weighted by atomic mass is 9.94. The molecule has 2 aliphatic heterocycles. The molecule has 2 amide bonds. The lowest BCUT2D eigenvalue weighted by Crippen LogP contribution is -2.45. The van der Waals surface area contributed by atoms with Crippen LogP contribution in [-0.4, -0.2) is 66.9 Å². The number of carboxylic acid groups (broad SMARTS) is 1. The molecule has 2 aromatic rings. The number of ketones is 1. The van der Waals surface area contributed by atoms with Crippen molar-refractivity contribution in [3.63, 3.8) is 0 Å². The molecule has 0 aliphatic carbocycles. The molecule has 2 aliphatic rings. The molecule has 1 saturated heterocycles. The number of aliphatic imine (C=N–C) groups is 1. The number of carbonyl (C=O) groups excluding carboxylic acids is 3. The number of aryl methyl sites for hydroxylation is 2. The SMILES string of the molecule is CCc1cc(C(C)=O)cc(C)c1C(=O)NC(Cc1ccc(N2CCC(CNC3=NC(=O)CCN3)CC2)cc1)C(=O)O. The fourth-order valence-corrected chi connectivity index (χ4v) is 5.42. The largest absolute Gasteiger partial charge is 0.480 e. The number of carbonyl (C=O) groups is 4. The smallest absolute Gasteiger partial charge is 0.326 e. The van der Waals surface area contributed by atoms with E-state index in [9.17, 15) is 24.3 Å². The van der Waals surface area contributed by atoms with Gasteiger partial charge in [0.15, 0.2) is 11.7 Å². The molecule has 10 nitrogen and oxygen atoms in total. The van der Waals surface area contributed by atoms with Crippen molar-refractivity contribution < 1.29 is 24.3 Å². The summed E-state index contributed by atoms with van der Waals surface area (Å²) < 4.78 is 0. The fourth-order valence-electron chi connectivity index (χ4n) is 5.42. The zero-order valence-electron chi connectivity index (χ0n) is 24.0. The third-order valence-electron chi connectivity index (χ3n) is 7.82. The maximum Gasteiger partial charge on any atom is 0.326 e. The number of piperidine rings is 1. The number of anilines is 1. The number of benzene rings is 2. The number of aliphatic carboxylic acids is 1. The Bertz CT molecular complexity index is 1330. The molecule has 0 spiro atoms. The summed E-state index contributed by atoms with van der Waals surface area (Å²) in [6, 6.07) is 10.1. The number of Topliss-reactive ketones (excluding diaryl/α,β-unsaturated/α-hetero) is 1. The van der Waals surface area contributed by atoms with E-state index in [0.717, 1.165) is 49.3 Å². The second-order valence-corrected chi connectivity index (χ2v) is 10.8. The molecule has 1 atom stereocenters. The van der Waals surface area contributed by atoms with Gasteiger partial charge in [-0.15, -0.1) is 0 Å². The Morgan fingerprint density at radius 1 is 1.15 bits per heavy atom. The molecule has 41 heavy (non-hydrogen) atoms. The van der Waals surface area contributed by atoms with Crippen molar-refractivity contribution in [2.45, 2.75) is 58.9 Å². The average Bonchev–Trinajstić information content (AvgIpc) is 2.95. The van der Waals surface area contributed by atoms with Gasteiger partial charge in [-0.1, -0.05) is 19.1 Å². The van der Waals surface area contributed by atoms with Crippen LogP contribution in [0.4, 0.5) is 5.69 Å². The van der Waals surface area contributed by atoms with Gasteiger partial charge in [-0.25, -0.2) is 4.79 Å². The van der Waals surface area contributed by atoms with E-state index in [1.807, 2.05) is 31.2 Å². The van der Waals surface area contributed by atoms with E-state index in [2.05, 4.69) is 25.8 Å². The molecule has 4 N–H and O–H groups in total. The predicted octanol–water partition coefficient (Wildman–Crippen LogP) is 2.87. The number of hydrogen-bond acceptors (Lipinski definition) is 7. The molecule has 4 rings (SSSR count). The Morgan fingerprint density at radius 3 is 2.46 bits per heavy atom. The first-order valence-corrected chi connectivity index (χ1v) is 14.3. The van der Waals surface area contributed by atoms with Gasteiger partial charge in [0.25, 0.3) is 11.8 Å². The van der Waals surface area contributed by atoms with Crippen molar-refractivity contribution in [1.29, 1.82) is 0 Å². The van der Waals surface area contributed by atoms with Crippen LogP contribution in [-0.2, 0) is 22.4 Å². The number of amides is 2. The van der Waals surface area contributed by atoms with Gasteiger partial charge in [0.1, 0.15) is 6.04 Å². The van der Waals surface area contributed by atoms with Crippen molar-refractivity contribution in [2.75, 3.05) is 31.1 Å². The van der Waals surface area contributed by atoms with Crippen molar-refractivity contribution >= 4 is 35.2 Å². The highest BCUT2D eigenvalue weighted by atomic mass is 16.4. The van der Waals surface area contributed by atoms with E-state index in [-0.39, 0.29) is 18.1 Å². The Labute approximate surface area is 240 Å². The summed E-state index contributed by atoms with van der Waals surface area (Å²) in [6.45, 7) is 8.34. The Morgan fingerprint density at radius 2 is 1.85 bits per heavy atom. The van der Waals surface area contributed by atoms with Gasteiger partial charge in [-0.2, -0.15) is 4.99 Å². The highest BCUT2D eigenvalue weighted by Crippen LogP contribution is 2.24. The zero-order chi connectivity index (χ0) is 29.5. The summed E-state index contributed by atoms with van der Waals surface area (Å²) in [6.07, 6.45) is 3.16. The maximum atomic E-state index is 13.2. The van der Waals surface area contributed by atoms with Crippen LogP contribution in [0.15, 0.2) is 41.4 Å². The first kappa shape index (κ1) is 29.8. The summed E-state index contributed by atoms with van der Waals surface area (Å²) >= 11 is 0. The molecular formula is C31H39N5O5. The number of nitrogens with one attached hydrogen (secondary N) is 3. The van der Waals surface area contributed by atoms with Crippen LogP contribution in [0.3, 0.4) is 0 Å². The number of rotatable bonds is 10. The molecule has 0 radical (unpaired) electrons. The summed E-state index contributed by atoms with van der Waals surface area (Å²) in [7, 11) is 0. The number of nitrogens with zero attached hydrogens (tertiary/aromatic N) is 2. The van der Waals surface area contributed by atoms with Gasteiger partial charge in [-0.05, 0) is 80.0 Å². The first-order chi connectivity index (χ1) is 19.6. The van der Waals surface area contributed by atoms with Gasteiger partial charge in [-0.3, -0.25) is 14.4 Å². The van der Waals surface area contributed by atoms with Crippen LogP contribution >= 0.6 is 0 Å². The average molecular weight is 562 g/mol. The molecule has 0 aromatic heterocycles. The van der Waals surface area contributed by atoms with Crippen LogP contribution in [0, 0.1) is 12.8 Å². The molecule has 2 aromatic carbocycles. The van der Waals surface area contributed by atoms with E-state index in [1.165, 1.54) is 6.92 Å². The fraction of sp³-hybridized carbons (Fsp3) is 0.452. The minimum Gasteiger partial charge on any atom is -0.480 e. The Kier molecular flexibility index (Phi) is 9.75. The third-order valence-corrected chi connectivity index (χ3v) is 7.82. The van der Waals surface area contributed by atoms with Gasteiger partial charge in [0.2, 0.25) is 0 Å². The van der Waals surface area contributed by atoms with Gasteiger partial charge >= 0.3 is 5.97 Å². The van der Waals surface area contributed by atoms with E-state index in [0.29, 0.717) is 48.0 Å². The lowest BCUT2D eigenvalue weighted by molar-refractivity contribution is -0.139. The number of carboxylic acids is 1. The quantitative estimate of drug-likeness (QED) is 0.325. The second-order valence-electron chi connectivity index (χ2n) is 10.8. The molecule has 2 heterocycles. The van der Waals surface area contributed by atoms with Crippen molar-refractivity contribution in [3.8, 4) is 0 Å². The number of hydrogen-bond donors (Lipinski definition) is 4. The van der Waals surface area contributed by atoms with E-state index >= 15 is 0 Å². The summed E-state index contributed by atoms with van der Waals surface area (Å²) in [5.41, 5.74) is 4.22. The van der Waals surface area contributed by atoms with E-state index in [4.69, 9.17) is 0 Å². The second kappa shape index (κ2) is 13.4. The van der Waals surface area contributed by atoms with Crippen LogP contribution < -0.4 is 20.9 Å². The van der Waals surface area contributed by atoms with Gasteiger partial charge in [0, 0.05) is 55.8 Å². The molecule has 1 unspecified atom stereocenters. The lowest BCUT2D eigenvalue weighted by Gasteiger charge is -2.34. The molecule has 1 fully saturated rings. The monoisotopic (exact) mass is 561 g/mol.